The van der Waals surface area contributed by atoms with Gasteiger partial charge in [0.15, 0.2) is 11.7 Å². The van der Waals surface area contributed by atoms with Crippen LogP contribution in [0.3, 0.4) is 0 Å². The molecule has 0 N–H and O–H groups in total. The summed E-state index contributed by atoms with van der Waals surface area (Å²) in [6.07, 6.45) is 0.381. The van der Waals surface area contributed by atoms with Gasteiger partial charge in [0.25, 0.3) is 0 Å². The molecular formula is C21H26ClNO3. The topological polar surface area (TPSA) is 38.8 Å². The Morgan fingerprint density at radius 1 is 1.15 bits per heavy atom. The van der Waals surface area contributed by atoms with E-state index in [2.05, 4.69) is 17.0 Å². The molecule has 3 rings (SSSR count). The highest BCUT2D eigenvalue weighted by molar-refractivity contribution is 5.85. The zero-order valence-electron chi connectivity index (χ0n) is 15.5. The standard InChI is InChI=1S/C21H25NO3.ClH/c1-16-8-7-11-19(14-16)25-21(18-9-5-4-6-10-18)12-13-22(3)15-20(21)24-17(2)23;/h4-11,14,20H,12-13,15H2,1-3H3;1H. The summed E-state index contributed by atoms with van der Waals surface area (Å²) in [5.41, 5.74) is 1.49. The van der Waals surface area contributed by atoms with Crippen LogP contribution >= 0.6 is 12.4 Å². The SMILES string of the molecule is CC(=O)OC1CN(C)CCC1(Oc1cccc(C)c1)c1ccccc1.Cl. The van der Waals surface area contributed by atoms with Crippen molar-refractivity contribution >= 4 is 18.4 Å². The summed E-state index contributed by atoms with van der Waals surface area (Å²) in [6, 6.07) is 18.1. The van der Waals surface area contributed by atoms with Gasteiger partial charge in [-0.15, -0.1) is 12.4 Å². The third-order valence-corrected chi connectivity index (χ3v) is 4.72. The van der Waals surface area contributed by atoms with E-state index in [1.54, 1.807) is 0 Å². The van der Waals surface area contributed by atoms with Crippen LogP contribution in [0.15, 0.2) is 54.6 Å². The van der Waals surface area contributed by atoms with Crippen molar-refractivity contribution in [3.8, 4) is 5.75 Å². The molecule has 1 saturated heterocycles. The molecule has 2 aromatic rings. The second kappa shape index (κ2) is 8.56. The van der Waals surface area contributed by atoms with Crippen LogP contribution in [0.25, 0.3) is 0 Å². The average molecular weight is 376 g/mol. The number of aryl methyl sites for hydroxylation is 1. The minimum Gasteiger partial charge on any atom is -0.479 e. The van der Waals surface area contributed by atoms with E-state index in [4.69, 9.17) is 9.47 Å². The number of benzene rings is 2. The molecule has 0 bridgehead atoms. The van der Waals surface area contributed by atoms with E-state index in [0.717, 1.165) is 29.8 Å². The molecule has 4 nitrogen and oxygen atoms in total. The number of rotatable bonds is 4. The van der Waals surface area contributed by atoms with E-state index in [-0.39, 0.29) is 24.5 Å². The Bertz CT molecular complexity index is 737. The lowest BCUT2D eigenvalue weighted by Gasteiger charge is -2.46. The van der Waals surface area contributed by atoms with Crippen molar-refractivity contribution in [2.24, 2.45) is 0 Å². The van der Waals surface area contributed by atoms with E-state index in [1.165, 1.54) is 6.92 Å². The Kier molecular flexibility index (Phi) is 6.68. The molecule has 1 aliphatic heterocycles. The van der Waals surface area contributed by atoms with Gasteiger partial charge in [0.2, 0.25) is 0 Å². The molecule has 1 fully saturated rings. The highest BCUT2D eigenvalue weighted by atomic mass is 35.5. The third kappa shape index (κ3) is 4.37. The smallest absolute Gasteiger partial charge is 0.303 e. The maximum absolute atomic E-state index is 11.7. The van der Waals surface area contributed by atoms with Gasteiger partial charge in [0.05, 0.1) is 0 Å². The molecular weight excluding hydrogens is 350 g/mol. The first-order valence-corrected chi connectivity index (χ1v) is 8.66. The fourth-order valence-electron chi connectivity index (χ4n) is 3.49. The first-order chi connectivity index (χ1) is 12.0. The summed E-state index contributed by atoms with van der Waals surface area (Å²) in [4.78, 5) is 13.9. The molecule has 1 aliphatic rings. The van der Waals surface area contributed by atoms with Crippen LogP contribution in [0.5, 0.6) is 5.75 Å². The Hall–Kier alpha value is -2.04. The Morgan fingerprint density at radius 3 is 2.54 bits per heavy atom. The van der Waals surface area contributed by atoms with Crippen molar-refractivity contribution in [1.29, 1.82) is 0 Å². The van der Waals surface area contributed by atoms with Gasteiger partial charge >= 0.3 is 5.97 Å². The van der Waals surface area contributed by atoms with Crippen LogP contribution in [0, 0.1) is 6.92 Å². The highest BCUT2D eigenvalue weighted by Crippen LogP contribution is 2.39. The van der Waals surface area contributed by atoms with E-state index >= 15 is 0 Å². The maximum atomic E-state index is 11.7. The zero-order chi connectivity index (χ0) is 17.9. The lowest BCUT2D eigenvalue weighted by molar-refractivity contribution is -0.170. The van der Waals surface area contributed by atoms with Gasteiger partial charge in [0, 0.05) is 26.4 Å². The largest absolute Gasteiger partial charge is 0.479 e. The normalized spacial score (nSPS) is 23.0. The van der Waals surface area contributed by atoms with Crippen molar-refractivity contribution in [2.45, 2.75) is 32.0 Å². The molecule has 2 aromatic carbocycles. The molecule has 0 amide bonds. The van der Waals surface area contributed by atoms with Gasteiger partial charge in [-0.1, -0.05) is 42.5 Å². The summed E-state index contributed by atoms with van der Waals surface area (Å²) >= 11 is 0. The Balaban J connectivity index is 0.00000243. The van der Waals surface area contributed by atoms with Gasteiger partial charge in [-0.25, -0.2) is 0 Å². The highest BCUT2D eigenvalue weighted by Gasteiger charge is 2.48. The molecule has 0 aromatic heterocycles. The lowest BCUT2D eigenvalue weighted by atomic mass is 9.81. The van der Waals surface area contributed by atoms with Gasteiger partial charge in [-0.2, -0.15) is 0 Å². The van der Waals surface area contributed by atoms with Crippen LogP contribution in [0.1, 0.15) is 24.5 Å². The quantitative estimate of drug-likeness (QED) is 0.758. The number of carbonyl (C=O) groups is 1. The molecule has 0 aliphatic carbocycles. The maximum Gasteiger partial charge on any atom is 0.303 e. The zero-order valence-corrected chi connectivity index (χ0v) is 16.3. The van der Waals surface area contributed by atoms with E-state index in [9.17, 15) is 4.79 Å². The summed E-state index contributed by atoms with van der Waals surface area (Å²) in [7, 11) is 2.04. The van der Waals surface area contributed by atoms with Gasteiger partial charge < -0.3 is 14.4 Å². The van der Waals surface area contributed by atoms with Crippen molar-refractivity contribution in [1.82, 2.24) is 4.90 Å². The Morgan fingerprint density at radius 2 is 1.88 bits per heavy atom. The van der Waals surface area contributed by atoms with Gasteiger partial charge in [-0.3, -0.25) is 4.79 Å². The summed E-state index contributed by atoms with van der Waals surface area (Å²) < 4.78 is 12.3. The van der Waals surface area contributed by atoms with Gasteiger partial charge in [0.1, 0.15) is 5.75 Å². The first-order valence-electron chi connectivity index (χ1n) is 8.66. The first kappa shape index (κ1) is 20.3. The minimum absolute atomic E-state index is 0. The fraction of sp³-hybridized carbons (Fsp3) is 0.381. The van der Waals surface area contributed by atoms with E-state index in [0.29, 0.717) is 6.54 Å². The summed E-state index contributed by atoms with van der Waals surface area (Å²) in [5.74, 6) is 0.513. The summed E-state index contributed by atoms with van der Waals surface area (Å²) in [5, 5.41) is 0. The van der Waals surface area contributed by atoms with Crippen molar-refractivity contribution in [3.05, 3.63) is 65.7 Å². The number of likely N-dealkylation sites (N-methyl/N-ethyl adjacent to an activating group) is 1. The molecule has 5 heteroatoms. The molecule has 0 saturated carbocycles. The van der Waals surface area contributed by atoms with E-state index < -0.39 is 5.60 Å². The second-order valence-corrected chi connectivity index (χ2v) is 6.78. The molecule has 140 valence electrons. The predicted molar refractivity (Wildman–Crippen MR) is 105 cm³/mol. The van der Waals surface area contributed by atoms with Crippen LogP contribution in [-0.2, 0) is 15.1 Å². The van der Waals surface area contributed by atoms with Crippen molar-refractivity contribution in [3.63, 3.8) is 0 Å². The monoisotopic (exact) mass is 375 g/mol. The van der Waals surface area contributed by atoms with Gasteiger partial charge in [-0.05, 0) is 37.2 Å². The molecule has 0 spiro atoms. The second-order valence-electron chi connectivity index (χ2n) is 6.78. The number of hydrogen-bond acceptors (Lipinski definition) is 4. The van der Waals surface area contributed by atoms with Crippen LogP contribution in [0.2, 0.25) is 0 Å². The van der Waals surface area contributed by atoms with Crippen molar-refractivity contribution in [2.75, 3.05) is 20.1 Å². The number of nitrogens with zero attached hydrogens (tertiary/aromatic N) is 1. The average Bonchev–Trinajstić information content (AvgIpc) is 2.58. The number of halogens is 1. The number of ether oxygens (including phenoxy) is 2. The molecule has 1 heterocycles. The number of hydrogen-bond donors (Lipinski definition) is 0. The summed E-state index contributed by atoms with van der Waals surface area (Å²) in [6.45, 7) is 5.01. The number of carbonyl (C=O) groups excluding carboxylic acids is 1. The number of esters is 1. The van der Waals surface area contributed by atoms with Crippen molar-refractivity contribution < 1.29 is 14.3 Å². The van der Waals surface area contributed by atoms with Crippen LogP contribution in [0.4, 0.5) is 0 Å². The molecule has 0 radical (unpaired) electrons. The molecule has 2 atom stereocenters. The number of piperidine rings is 1. The Labute approximate surface area is 161 Å². The molecule has 26 heavy (non-hydrogen) atoms. The molecule has 2 unspecified atom stereocenters. The predicted octanol–water partition coefficient (Wildman–Crippen LogP) is 3.96. The van der Waals surface area contributed by atoms with E-state index in [1.807, 2.05) is 56.4 Å². The van der Waals surface area contributed by atoms with Crippen LogP contribution in [-0.4, -0.2) is 37.1 Å². The van der Waals surface area contributed by atoms with Crippen LogP contribution < -0.4 is 4.74 Å². The minimum atomic E-state index is -0.687. The number of likely N-dealkylation sites (tertiary alicyclic amines) is 1. The fourth-order valence-corrected chi connectivity index (χ4v) is 3.49. The lowest BCUT2D eigenvalue weighted by Crippen LogP contribution is -2.57. The third-order valence-electron chi connectivity index (χ3n) is 4.72.